The van der Waals surface area contributed by atoms with Gasteiger partial charge >= 0.3 is 0 Å². The van der Waals surface area contributed by atoms with E-state index in [2.05, 4.69) is 46.8 Å². The van der Waals surface area contributed by atoms with Gasteiger partial charge in [-0.1, -0.05) is 42.1 Å². The number of aryl methyl sites for hydroxylation is 3. The second kappa shape index (κ2) is 9.00. The molecule has 2 aromatic heterocycles. The highest BCUT2D eigenvalue weighted by atomic mass is 32.2. The molecule has 1 aromatic carbocycles. The number of nitrogens with zero attached hydrogens (tertiary/aromatic N) is 4. The zero-order chi connectivity index (χ0) is 18.4. The summed E-state index contributed by atoms with van der Waals surface area (Å²) in [5, 5.41) is 11.0. The summed E-state index contributed by atoms with van der Waals surface area (Å²) >= 11 is 3.20. The molecule has 3 rings (SSSR count). The average molecular weight is 387 g/mol. The van der Waals surface area contributed by atoms with E-state index in [1.165, 1.54) is 27.8 Å². The monoisotopic (exact) mass is 386 g/mol. The molecule has 1 amide bonds. The van der Waals surface area contributed by atoms with E-state index in [4.69, 9.17) is 0 Å². The highest BCUT2D eigenvalue weighted by molar-refractivity contribution is 7.99. The number of thiophene rings is 1. The van der Waals surface area contributed by atoms with Crippen LogP contribution in [0.5, 0.6) is 0 Å². The largest absolute Gasteiger partial charge is 0.341 e. The number of carbonyl (C=O) groups excluding carboxylic acids is 1. The van der Waals surface area contributed by atoms with E-state index in [-0.39, 0.29) is 5.91 Å². The van der Waals surface area contributed by atoms with Crippen molar-refractivity contribution in [1.29, 1.82) is 0 Å². The molecular weight excluding hydrogens is 364 g/mol. The quantitative estimate of drug-likeness (QED) is 0.555. The van der Waals surface area contributed by atoms with Crippen molar-refractivity contribution in [2.45, 2.75) is 31.6 Å². The Hall–Kier alpha value is -2.12. The van der Waals surface area contributed by atoms with Gasteiger partial charge in [0.2, 0.25) is 5.91 Å². The normalized spacial score (nSPS) is 10.8. The van der Waals surface area contributed by atoms with Crippen LogP contribution in [0, 0.1) is 6.92 Å². The maximum absolute atomic E-state index is 12.5. The van der Waals surface area contributed by atoms with Gasteiger partial charge in [-0.05, 0) is 35.9 Å². The maximum atomic E-state index is 12.5. The first-order valence-electron chi connectivity index (χ1n) is 8.45. The fourth-order valence-corrected chi connectivity index (χ4v) is 4.14. The lowest BCUT2D eigenvalue weighted by Gasteiger charge is -2.18. The third kappa shape index (κ3) is 4.95. The number of carbonyl (C=O) groups is 1. The van der Waals surface area contributed by atoms with Crippen LogP contribution in [0.15, 0.2) is 53.3 Å². The Morgan fingerprint density at radius 1 is 1.27 bits per heavy atom. The molecule has 0 bridgehead atoms. The number of hydrogen-bond acceptors (Lipinski definition) is 5. The van der Waals surface area contributed by atoms with Crippen molar-refractivity contribution < 1.29 is 4.79 Å². The van der Waals surface area contributed by atoms with Gasteiger partial charge in [-0.2, -0.15) is 0 Å². The summed E-state index contributed by atoms with van der Waals surface area (Å²) in [6, 6.07) is 12.3. The van der Waals surface area contributed by atoms with Crippen molar-refractivity contribution in [3.63, 3.8) is 0 Å². The van der Waals surface area contributed by atoms with Crippen molar-refractivity contribution in [2.75, 3.05) is 12.8 Å². The van der Waals surface area contributed by atoms with Crippen molar-refractivity contribution in [1.82, 2.24) is 19.7 Å². The summed E-state index contributed by atoms with van der Waals surface area (Å²) in [4.78, 5) is 15.6. The van der Waals surface area contributed by atoms with Gasteiger partial charge in [-0.3, -0.25) is 4.79 Å². The van der Waals surface area contributed by atoms with Gasteiger partial charge in [0.1, 0.15) is 6.33 Å². The van der Waals surface area contributed by atoms with Crippen molar-refractivity contribution in [2.24, 2.45) is 0 Å². The van der Waals surface area contributed by atoms with E-state index in [1.54, 1.807) is 22.6 Å². The molecule has 0 aliphatic rings. The molecule has 0 radical (unpaired) electrons. The van der Waals surface area contributed by atoms with Crippen LogP contribution in [-0.2, 0) is 24.3 Å². The van der Waals surface area contributed by atoms with Gasteiger partial charge < -0.3 is 9.47 Å². The minimum Gasteiger partial charge on any atom is -0.341 e. The molecule has 0 N–H and O–H groups in total. The average Bonchev–Trinajstić information content (AvgIpc) is 3.31. The van der Waals surface area contributed by atoms with E-state index in [0.717, 1.165) is 18.1 Å². The highest BCUT2D eigenvalue weighted by Crippen LogP contribution is 2.18. The van der Waals surface area contributed by atoms with Gasteiger partial charge in [0.15, 0.2) is 5.16 Å². The molecule has 0 saturated carbocycles. The summed E-state index contributed by atoms with van der Waals surface area (Å²) in [6.45, 7) is 3.51. The maximum Gasteiger partial charge on any atom is 0.233 e. The van der Waals surface area contributed by atoms with Crippen molar-refractivity contribution in [3.8, 4) is 0 Å². The second-order valence-electron chi connectivity index (χ2n) is 6.10. The van der Waals surface area contributed by atoms with Crippen LogP contribution in [0.1, 0.15) is 16.0 Å². The molecular formula is C19H22N4OS2. The molecule has 0 fully saturated rings. The van der Waals surface area contributed by atoms with Gasteiger partial charge in [0, 0.05) is 25.0 Å². The summed E-state index contributed by atoms with van der Waals surface area (Å²) < 4.78 is 2.01. The molecule has 3 aromatic rings. The lowest BCUT2D eigenvalue weighted by Crippen LogP contribution is -2.28. The Morgan fingerprint density at radius 2 is 2.12 bits per heavy atom. The number of thioether (sulfide) groups is 1. The molecule has 0 saturated heterocycles. The van der Waals surface area contributed by atoms with Crippen LogP contribution in [-0.4, -0.2) is 38.4 Å². The smallest absolute Gasteiger partial charge is 0.233 e. The van der Waals surface area contributed by atoms with E-state index < -0.39 is 0 Å². The molecule has 136 valence electrons. The fourth-order valence-electron chi connectivity index (χ4n) is 2.56. The molecule has 7 heteroatoms. The van der Waals surface area contributed by atoms with Crippen LogP contribution in [0.3, 0.4) is 0 Å². The molecule has 5 nitrogen and oxygen atoms in total. The van der Waals surface area contributed by atoms with Gasteiger partial charge in [-0.25, -0.2) is 0 Å². The van der Waals surface area contributed by atoms with Gasteiger partial charge in [-0.15, -0.1) is 21.5 Å². The summed E-state index contributed by atoms with van der Waals surface area (Å²) in [5.41, 5.74) is 2.38. The Morgan fingerprint density at radius 3 is 2.88 bits per heavy atom. The fraction of sp³-hybridized carbons (Fsp3) is 0.316. The summed E-state index contributed by atoms with van der Waals surface area (Å²) in [6.07, 6.45) is 2.68. The Labute approximate surface area is 162 Å². The first-order chi connectivity index (χ1) is 12.6. The van der Waals surface area contributed by atoms with Crippen molar-refractivity contribution >= 4 is 29.0 Å². The first-order valence-corrected chi connectivity index (χ1v) is 10.3. The molecule has 0 aliphatic carbocycles. The predicted octanol–water partition coefficient (Wildman–Crippen LogP) is 3.64. The minimum absolute atomic E-state index is 0.0889. The number of aromatic nitrogens is 3. The molecule has 0 aliphatic heterocycles. The standard InChI is InChI=1S/C19H22N4OS2/c1-15-6-3-4-7-16(15)12-22(2)18(24)13-26-19-21-20-14-23(19)10-9-17-8-5-11-25-17/h3-8,11,14H,9-10,12-13H2,1-2H3. The number of hydrogen-bond donors (Lipinski definition) is 0. The lowest BCUT2D eigenvalue weighted by molar-refractivity contribution is -0.127. The zero-order valence-electron chi connectivity index (χ0n) is 15.0. The zero-order valence-corrected chi connectivity index (χ0v) is 16.6. The van der Waals surface area contributed by atoms with E-state index in [1.807, 2.05) is 23.7 Å². The van der Waals surface area contributed by atoms with Gasteiger partial charge in [0.25, 0.3) is 0 Å². The van der Waals surface area contributed by atoms with Crippen LogP contribution in [0.2, 0.25) is 0 Å². The third-order valence-corrected chi connectivity index (χ3v) is 6.08. The Bertz CT molecular complexity index is 845. The van der Waals surface area contributed by atoms with Crippen LogP contribution >= 0.6 is 23.1 Å². The van der Waals surface area contributed by atoms with Crippen LogP contribution < -0.4 is 0 Å². The Kier molecular flexibility index (Phi) is 6.46. The highest BCUT2D eigenvalue weighted by Gasteiger charge is 2.13. The molecule has 0 spiro atoms. The van der Waals surface area contributed by atoms with E-state index in [0.29, 0.717) is 12.3 Å². The lowest BCUT2D eigenvalue weighted by atomic mass is 10.1. The van der Waals surface area contributed by atoms with E-state index >= 15 is 0 Å². The number of benzene rings is 1. The SMILES string of the molecule is Cc1ccccc1CN(C)C(=O)CSc1nncn1CCc1cccs1. The molecule has 0 unspecified atom stereocenters. The minimum atomic E-state index is 0.0889. The topological polar surface area (TPSA) is 51.0 Å². The first kappa shape index (κ1) is 18.7. The second-order valence-corrected chi connectivity index (χ2v) is 8.08. The number of rotatable bonds is 8. The third-order valence-electron chi connectivity index (χ3n) is 4.18. The van der Waals surface area contributed by atoms with Crippen LogP contribution in [0.25, 0.3) is 0 Å². The molecule has 0 atom stereocenters. The summed E-state index contributed by atoms with van der Waals surface area (Å²) in [7, 11) is 1.84. The number of amides is 1. The van der Waals surface area contributed by atoms with E-state index in [9.17, 15) is 4.79 Å². The van der Waals surface area contributed by atoms with Crippen LogP contribution in [0.4, 0.5) is 0 Å². The molecule has 2 heterocycles. The molecule has 26 heavy (non-hydrogen) atoms. The predicted molar refractivity (Wildman–Crippen MR) is 106 cm³/mol. The van der Waals surface area contributed by atoms with Gasteiger partial charge in [0.05, 0.1) is 5.75 Å². The van der Waals surface area contributed by atoms with Crippen molar-refractivity contribution in [3.05, 3.63) is 64.1 Å². The summed E-state index contributed by atoms with van der Waals surface area (Å²) in [5.74, 6) is 0.450. The Balaban J connectivity index is 1.51.